The number of rotatable bonds is 3. The molecule has 1 aliphatic heterocycles. The van der Waals surface area contributed by atoms with Gasteiger partial charge in [-0.15, -0.1) is 0 Å². The molecule has 27 heavy (non-hydrogen) atoms. The average molecular weight is 412 g/mol. The lowest BCUT2D eigenvalue weighted by atomic mass is 9.92. The van der Waals surface area contributed by atoms with Gasteiger partial charge in [0.25, 0.3) is 0 Å². The van der Waals surface area contributed by atoms with Gasteiger partial charge in [0.1, 0.15) is 5.82 Å². The Kier molecular flexibility index (Phi) is 6.00. The molecule has 12 heteroatoms. The Hall–Kier alpha value is -1.56. The van der Waals surface area contributed by atoms with E-state index in [1.165, 1.54) is 0 Å². The quantitative estimate of drug-likeness (QED) is 0.721. The lowest BCUT2D eigenvalue weighted by molar-refractivity contribution is -0.154. The van der Waals surface area contributed by atoms with E-state index in [2.05, 4.69) is 5.32 Å². The van der Waals surface area contributed by atoms with E-state index in [-0.39, 0.29) is 38.3 Å². The minimum atomic E-state index is -5.46. The fourth-order valence-corrected chi connectivity index (χ4v) is 2.98. The molecular formula is C15H14F10N2. The first kappa shape index (κ1) is 21.7. The zero-order chi connectivity index (χ0) is 20.6. The third-order valence-electron chi connectivity index (χ3n) is 4.11. The molecule has 2 nitrogen and oxygen atoms in total. The van der Waals surface area contributed by atoms with Crippen LogP contribution < -0.4 is 5.32 Å². The molecule has 154 valence electrons. The number of nitrogens with one attached hydrogen (secondary N) is 1. The van der Waals surface area contributed by atoms with E-state index in [0.29, 0.717) is 0 Å². The topological polar surface area (TPSA) is 15.3 Å². The van der Waals surface area contributed by atoms with Crippen molar-refractivity contribution in [2.24, 2.45) is 0 Å². The van der Waals surface area contributed by atoms with Crippen LogP contribution in [-0.4, -0.2) is 37.3 Å². The highest BCUT2D eigenvalue weighted by Gasteiger charge is 2.45. The third kappa shape index (κ3) is 5.47. The summed E-state index contributed by atoms with van der Waals surface area (Å²) in [6.45, 7) is 0.0763. The van der Waals surface area contributed by atoms with Gasteiger partial charge < -0.3 is 5.32 Å². The van der Waals surface area contributed by atoms with Crippen LogP contribution >= 0.6 is 0 Å². The Labute approximate surface area is 147 Å². The number of hydrogen-bond donors (Lipinski definition) is 1. The van der Waals surface area contributed by atoms with Crippen LogP contribution in [0.5, 0.6) is 0 Å². The van der Waals surface area contributed by atoms with Gasteiger partial charge in [-0.05, 0) is 12.1 Å². The maximum absolute atomic E-state index is 14.3. The fraction of sp³-hybridized carbons (Fsp3) is 0.600. The summed E-state index contributed by atoms with van der Waals surface area (Å²) in [6.07, 6.45) is -17.5. The largest absolute Gasteiger partial charge is 0.416 e. The van der Waals surface area contributed by atoms with Crippen LogP contribution in [0.1, 0.15) is 29.2 Å². The lowest BCUT2D eigenvalue weighted by Crippen LogP contribution is -2.46. The predicted molar refractivity (Wildman–Crippen MR) is 74.3 cm³/mol. The Morgan fingerprint density at radius 1 is 0.889 bits per heavy atom. The molecule has 0 unspecified atom stereocenters. The molecule has 2 rings (SSSR count). The maximum Gasteiger partial charge on any atom is 0.416 e. The molecular weight excluding hydrogens is 398 g/mol. The smallest absolute Gasteiger partial charge is 0.314 e. The van der Waals surface area contributed by atoms with E-state index in [1.54, 1.807) is 0 Å². The van der Waals surface area contributed by atoms with Gasteiger partial charge >= 0.3 is 18.5 Å². The van der Waals surface area contributed by atoms with Crippen molar-refractivity contribution in [3.8, 4) is 0 Å². The first-order valence-electron chi connectivity index (χ1n) is 7.69. The monoisotopic (exact) mass is 412 g/mol. The number of nitrogens with zero attached hydrogens (tertiary/aromatic N) is 1. The Morgan fingerprint density at radius 3 is 1.89 bits per heavy atom. The van der Waals surface area contributed by atoms with E-state index >= 15 is 0 Å². The first-order chi connectivity index (χ1) is 12.2. The number of alkyl halides is 9. The molecule has 1 N–H and O–H groups in total. The molecule has 1 atom stereocenters. The van der Waals surface area contributed by atoms with Crippen LogP contribution in [0.15, 0.2) is 12.1 Å². The molecule has 0 aromatic heterocycles. The summed E-state index contributed by atoms with van der Waals surface area (Å²) in [5.41, 5.74) is -5.39. The Bertz CT molecular complexity index is 656. The zero-order valence-corrected chi connectivity index (χ0v) is 13.5. The highest BCUT2D eigenvalue weighted by Crippen LogP contribution is 2.44. The van der Waals surface area contributed by atoms with Crippen LogP contribution in [0, 0.1) is 5.82 Å². The standard InChI is InChI=1S/C15H14F10N2/c16-10-6-8(14(20,21)22)5-9(15(23,24)25)12(10)11(7-13(17,18)19)27-3-1-26-2-4-27/h5-6,11,26H,1-4,7H2/t11-/m0/s1. The molecule has 0 amide bonds. The summed E-state index contributed by atoms with van der Waals surface area (Å²) >= 11 is 0. The summed E-state index contributed by atoms with van der Waals surface area (Å²) in [5, 5.41) is 2.78. The van der Waals surface area contributed by atoms with Gasteiger partial charge in [-0.3, -0.25) is 4.90 Å². The van der Waals surface area contributed by atoms with E-state index < -0.39 is 53.5 Å². The van der Waals surface area contributed by atoms with E-state index in [0.717, 1.165) is 4.90 Å². The molecule has 0 radical (unpaired) electrons. The second-order valence-corrected chi connectivity index (χ2v) is 6.04. The van der Waals surface area contributed by atoms with Crippen molar-refractivity contribution < 1.29 is 43.9 Å². The van der Waals surface area contributed by atoms with Crippen molar-refractivity contribution in [2.45, 2.75) is 31.0 Å². The predicted octanol–water partition coefficient (Wildman–Crippen LogP) is 4.76. The molecule has 0 aliphatic carbocycles. The zero-order valence-electron chi connectivity index (χ0n) is 13.5. The molecule has 0 bridgehead atoms. The van der Waals surface area contributed by atoms with Gasteiger partial charge in [-0.2, -0.15) is 39.5 Å². The van der Waals surface area contributed by atoms with Gasteiger partial charge in [0, 0.05) is 37.8 Å². The Balaban J connectivity index is 2.65. The molecule has 1 aromatic rings. The van der Waals surface area contributed by atoms with Gasteiger partial charge in [-0.1, -0.05) is 0 Å². The van der Waals surface area contributed by atoms with Crippen LogP contribution in [0.2, 0.25) is 0 Å². The second kappa shape index (κ2) is 7.46. The highest BCUT2D eigenvalue weighted by molar-refractivity contribution is 5.39. The maximum atomic E-state index is 14.3. The second-order valence-electron chi connectivity index (χ2n) is 6.04. The fourth-order valence-electron chi connectivity index (χ4n) is 2.98. The molecule has 0 saturated carbocycles. The molecule has 1 aromatic carbocycles. The van der Waals surface area contributed by atoms with E-state index in [1.807, 2.05) is 0 Å². The number of piperazine rings is 1. The molecule has 0 spiro atoms. The third-order valence-corrected chi connectivity index (χ3v) is 4.11. The minimum absolute atomic E-state index is 0.113. The number of benzene rings is 1. The van der Waals surface area contributed by atoms with Crippen molar-refractivity contribution in [3.05, 3.63) is 34.6 Å². The summed E-state index contributed by atoms with van der Waals surface area (Å²) in [5.74, 6) is -1.97. The average Bonchev–Trinajstić information content (AvgIpc) is 2.50. The van der Waals surface area contributed by atoms with Gasteiger partial charge in [0.2, 0.25) is 0 Å². The summed E-state index contributed by atoms with van der Waals surface area (Å²) in [4.78, 5) is 0.991. The first-order valence-corrected chi connectivity index (χ1v) is 7.69. The Morgan fingerprint density at radius 2 is 1.44 bits per heavy atom. The lowest BCUT2D eigenvalue weighted by Gasteiger charge is -2.37. The van der Waals surface area contributed by atoms with Crippen molar-refractivity contribution in [3.63, 3.8) is 0 Å². The van der Waals surface area contributed by atoms with E-state index in [9.17, 15) is 43.9 Å². The number of halogens is 10. The van der Waals surface area contributed by atoms with Crippen LogP contribution in [0.25, 0.3) is 0 Å². The normalized spacial score (nSPS) is 18.6. The summed E-state index contributed by atoms with van der Waals surface area (Å²) in [6, 6.07) is -2.63. The summed E-state index contributed by atoms with van der Waals surface area (Å²) in [7, 11) is 0. The molecule has 1 fully saturated rings. The van der Waals surface area contributed by atoms with Crippen molar-refractivity contribution in [1.29, 1.82) is 0 Å². The minimum Gasteiger partial charge on any atom is -0.314 e. The van der Waals surface area contributed by atoms with Crippen molar-refractivity contribution in [2.75, 3.05) is 26.2 Å². The number of hydrogen-bond acceptors (Lipinski definition) is 2. The molecule has 1 heterocycles. The summed E-state index contributed by atoms with van der Waals surface area (Å²) < 4.78 is 131. The van der Waals surface area contributed by atoms with Crippen molar-refractivity contribution >= 4 is 0 Å². The van der Waals surface area contributed by atoms with Crippen LogP contribution in [0.4, 0.5) is 43.9 Å². The van der Waals surface area contributed by atoms with Gasteiger partial charge in [0.05, 0.1) is 17.5 Å². The SMILES string of the molecule is Fc1cc(C(F)(F)F)cc(C(F)(F)F)c1[C@H](CC(F)(F)F)N1CCNCC1. The van der Waals surface area contributed by atoms with E-state index in [4.69, 9.17) is 0 Å². The van der Waals surface area contributed by atoms with Crippen molar-refractivity contribution in [1.82, 2.24) is 10.2 Å². The van der Waals surface area contributed by atoms with Gasteiger partial charge in [0.15, 0.2) is 0 Å². The van der Waals surface area contributed by atoms with Crippen LogP contribution in [-0.2, 0) is 12.4 Å². The van der Waals surface area contributed by atoms with Crippen LogP contribution in [0.3, 0.4) is 0 Å². The molecule has 1 saturated heterocycles. The molecule has 1 aliphatic rings. The highest BCUT2D eigenvalue weighted by atomic mass is 19.4. The van der Waals surface area contributed by atoms with Gasteiger partial charge in [-0.25, -0.2) is 4.39 Å².